The number of aryl methyl sites for hydroxylation is 1. The van der Waals surface area contributed by atoms with E-state index < -0.39 is 16.0 Å². The molecule has 2 N–H and O–H groups in total. The van der Waals surface area contributed by atoms with Gasteiger partial charge in [0.05, 0.1) is 17.0 Å². The molecule has 9 heteroatoms. The monoisotopic (exact) mass is 311 g/mol. The van der Waals surface area contributed by atoms with Crippen LogP contribution in [0, 0.1) is 0 Å². The van der Waals surface area contributed by atoms with Gasteiger partial charge < -0.3 is 9.63 Å². The van der Waals surface area contributed by atoms with Gasteiger partial charge in [-0.25, -0.2) is 17.9 Å². The SMILES string of the molecule is CCc1ccc(C(=O)O)cc1S(=O)(=O)NCc1ncon1. The highest BCUT2D eigenvalue weighted by Crippen LogP contribution is 2.19. The molecule has 112 valence electrons. The van der Waals surface area contributed by atoms with Crippen LogP contribution < -0.4 is 4.72 Å². The molecule has 0 amide bonds. The Morgan fingerprint density at radius 3 is 2.76 bits per heavy atom. The van der Waals surface area contributed by atoms with Crippen molar-refractivity contribution >= 4 is 16.0 Å². The summed E-state index contributed by atoms with van der Waals surface area (Å²) < 4.78 is 31.4. The average Bonchev–Trinajstić information content (AvgIpc) is 2.98. The molecular formula is C12H13N3O5S. The Balaban J connectivity index is 2.33. The summed E-state index contributed by atoms with van der Waals surface area (Å²) in [6.45, 7) is 1.65. The van der Waals surface area contributed by atoms with Gasteiger partial charge in [0.2, 0.25) is 16.4 Å². The molecule has 1 aromatic heterocycles. The normalized spacial score (nSPS) is 11.5. The zero-order chi connectivity index (χ0) is 15.5. The van der Waals surface area contributed by atoms with Crippen LogP contribution in [0.5, 0.6) is 0 Å². The number of aromatic carboxylic acids is 1. The molecule has 2 aromatic rings. The maximum Gasteiger partial charge on any atom is 0.335 e. The fourth-order valence-electron chi connectivity index (χ4n) is 1.74. The van der Waals surface area contributed by atoms with Gasteiger partial charge in [-0.2, -0.15) is 4.98 Å². The van der Waals surface area contributed by atoms with Crippen LogP contribution in [0.25, 0.3) is 0 Å². The minimum Gasteiger partial charge on any atom is -0.478 e. The molecule has 1 aromatic carbocycles. The van der Waals surface area contributed by atoms with Crippen molar-refractivity contribution in [3.63, 3.8) is 0 Å². The first-order chi connectivity index (χ1) is 9.94. The van der Waals surface area contributed by atoms with Crippen LogP contribution in [0.15, 0.2) is 34.0 Å². The van der Waals surface area contributed by atoms with Crippen LogP contribution in [0.2, 0.25) is 0 Å². The number of aromatic nitrogens is 2. The fraction of sp³-hybridized carbons (Fsp3) is 0.250. The fourth-order valence-corrected chi connectivity index (χ4v) is 3.05. The maximum absolute atomic E-state index is 12.3. The number of carboxylic acids is 1. The molecule has 0 aliphatic carbocycles. The number of nitrogens with one attached hydrogen (secondary N) is 1. The molecule has 0 aliphatic heterocycles. The number of hydrogen-bond donors (Lipinski definition) is 2. The van der Waals surface area contributed by atoms with E-state index in [0.717, 1.165) is 12.5 Å². The second-order valence-corrected chi connectivity index (χ2v) is 5.89. The quantitative estimate of drug-likeness (QED) is 0.809. The van der Waals surface area contributed by atoms with Crippen molar-refractivity contribution < 1.29 is 22.8 Å². The van der Waals surface area contributed by atoms with Crippen molar-refractivity contribution in [1.82, 2.24) is 14.9 Å². The minimum atomic E-state index is -3.87. The molecule has 0 saturated carbocycles. The standard InChI is InChI=1S/C12H13N3O5S/c1-2-8-3-4-9(12(16)17)5-10(8)21(18,19)14-6-11-13-7-20-15-11/h3-5,7,14H,2,6H2,1H3,(H,16,17). The summed E-state index contributed by atoms with van der Waals surface area (Å²) in [5.41, 5.74) is 0.438. The highest BCUT2D eigenvalue weighted by Gasteiger charge is 2.20. The van der Waals surface area contributed by atoms with Gasteiger partial charge in [0, 0.05) is 0 Å². The first-order valence-electron chi connectivity index (χ1n) is 6.05. The first kappa shape index (κ1) is 15.1. The summed E-state index contributed by atoms with van der Waals surface area (Å²) in [7, 11) is -3.87. The van der Waals surface area contributed by atoms with E-state index in [1.54, 1.807) is 6.92 Å². The Kier molecular flexibility index (Phi) is 4.34. The lowest BCUT2D eigenvalue weighted by molar-refractivity contribution is 0.0696. The molecule has 0 fully saturated rings. The minimum absolute atomic E-state index is 0.0617. The number of hydrogen-bond acceptors (Lipinski definition) is 6. The van der Waals surface area contributed by atoms with Crippen molar-refractivity contribution in [2.45, 2.75) is 24.8 Å². The molecular weight excluding hydrogens is 298 g/mol. The Morgan fingerprint density at radius 1 is 1.43 bits per heavy atom. The number of sulfonamides is 1. The predicted molar refractivity (Wildman–Crippen MR) is 71.1 cm³/mol. The Morgan fingerprint density at radius 2 is 2.19 bits per heavy atom. The zero-order valence-corrected chi connectivity index (χ0v) is 11.9. The van der Waals surface area contributed by atoms with E-state index >= 15 is 0 Å². The van der Waals surface area contributed by atoms with Gasteiger partial charge >= 0.3 is 5.97 Å². The molecule has 0 spiro atoms. The molecule has 21 heavy (non-hydrogen) atoms. The number of nitrogens with zero attached hydrogens (tertiary/aromatic N) is 2. The first-order valence-corrected chi connectivity index (χ1v) is 7.53. The maximum atomic E-state index is 12.3. The van der Waals surface area contributed by atoms with Gasteiger partial charge in [0.1, 0.15) is 0 Å². The number of carboxylic acid groups (broad SMARTS) is 1. The molecule has 1 heterocycles. The second-order valence-electron chi connectivity index (χ2n) is 4.15. The third kappa shape index (κ3) is 3.44. The highest BCUT2D eigenvalue weighted by molar-refractivity contribution is 7.89. The van der Waals surface area contributed by atoms with E-state index in [4.69, 9.17) is 5.11 Å². The van der Waals surface area contributed by atoms with Gasteiger partial charge in [-0.1, -0.05) is 18.1 Å². The van der Waals surface area contributed by atoms with Crippen LogP contribution in [-0.2, 0) is 23.0 Å². The third-order valence-electron chi connectivity index (χ3n) is 2.81. The van der Waals surface area contributed by atoms with E-state index in [9.17, 15) is 13.2 Å². The summed E-state index contributed by atoms with van der Waals surface area (Å²) in [5.74, 6) is -1.00. The lowest BCUT2D eigenvalue weighted by Gasteiger charge is -2.10. The Hall–Kier alpha value is -2.26. The summed E-state index contributed by atoms with van der Waals surface area (Å²) in [6, 6.07) is 4.01. The van der Waals surface area contributed by atoms with Crippen LogP contribution in [0.1, 0.15) is 28.7 Å². The van der Waals surface area contributed by atoms with E-state index in [0.29, 0.717) is 12.0 Å². The van der Waals surface area contributed by atoms with Crippen molar-refractivity contribution in [3.8, 4) is 0 Å². The number of benzene rings is 1. The average molecular weight is 311 g/mol. The highest BCUT2D eigenvalue weighted by atomic mass is 32.2. The molecule has 0 atom stereocenters. The van der Waals surface area contributed by atoms with E-state index in [2.05, 4.69) is 19.4 Å². The van der Waals surface area contributed by atoms with Crippen molar-refractivity contribution in [3.05, 3.63) is 41.5 Å². The number of carbonyl (C=O) groups is 1. The summed E-state index contributed by atoms with van der Waals surface area (Å²) in [4.78, 5) is 14.6. The van der Waals surface area contributed by atoms with Crippen LogP contribution in [-0.4, -0.2) is 29.6 Å². The molecule has 0 saturated heterocycles. The zero-order valence-electron chi connectivity index (χ0n) is 11.1. The second kappa shape index (κ2) is 6.02. The van der Waals surface area contributed by atoms with Gasteiger partial charge in [-0.15, -0.1) is 0 Å². The van der Waals surface area contributed by atoms with Gasteiger partial charge in [0.15, 0.2) is 5.82 Å². The summed E-state index contributed by atoms with van der Waals surface area (Å²) >= 11 is 0. The largest absolute Gasteiger partial charge is 0.478 e. The molecule has 0 radical (unpaired) electrons. The third-order valence-corrected chi connectivity index (χ3v) is 4.30. The molecule has 0 aliphatic rings. The Labute approximate surface area is 120 Å². The smallest absolute Gasteiger partial charge is 0.335 e. The molecule has 0 bridgehead atoms. The molecule has 2 rings (SSSR count). The van der Waals surface area contributed by atoms with Crippen LogP contribution >= 0.6 is 0 Å². The predicted octanol–water partition coefficient (Wildman–Crippen LogP) is 0.809. The topological polar surface area (TPSA) is 122 Å². The van der Waals surface area contributed by atoms with Gasteiger partial charge in [-0.05, 0) is 24.1 Å². The van der Waals surface area contributed by atoms with E-state index in [-0.39, 0.29) is 22.8 Å². The van der Waals surface area contributed by atoms with Crippen LogP contribution in [0.3, 0.4) is 0 Å². The van der Waals surface area contributed by atoms with Crippen molar-refractivity contribution in [2.24, 2.45) is 0 Å². The van der Waals surface area contributed by atoms with Gasteiger partial charge in [0.25, 0.3) is 0 Å². The number of rotatable bonds is 6. The van der Waals surface area contributed by atoms with Crippen LogP contribution in [0.4, 0.5) is 0 Å². The van der Waals surface area contributed by atoms with Gasteiger partial charge in [-0.3, -0.25) is 0 Å². The summed E-state index contributed by atoms with van der Waals surface area (Å²) in [6.07, 6.45) is 1.55. The summed E-state index contributed by atoms with van der Waals surface area (Å²) in [5, 5.41) is 12.5. The lowest BCUT2D eigenvalue weighted by Crippen LogP contribution is -2.25. The Bertz CT molecular complexity index is 740. The molecule has 8 nitrogen and oxygen atoms in total. The lowest BCUT2D eigenvalue weighted by atomic mass is 10.1. The van der Waals surface area contributed by atoms with E-state index in [1.807, 2.05) is 0 Å². The van der Waals surface area contributed by atoms with Crippen molar-refractivity contribution in [1.29, 1.82) is 0 Å². The molecule has 0 unspecified atom stereocenters. The van der Waals surface area contributed by atoms with E-state index in [1.165, 1.54) is 12.1 Å². The van der Waals surface area contributed by atoms with Crippen molar-refractivity contribution in [2.75, 3.05) is 0 Å².